The molecule has 2 aliphatic heterocycles. The van der Waals surface area contributed by atoms with E-state index in [2.05, 4.69) is 17.1 Å². The number of carbonyl (C=O) groups is 1. The maximum Gasteiger partial charge on any atom is 0.256 e. The molecule has 0 atom stereocenters. The van der Waals surface area contributed by atoms with E-state index in [0.29, 0.717) is 25.3 Å². The summed E-state index contributed by atoms with van der Waals surface area (Å²) in [5.74, 6) is 0.937. The molecule has 1 fully saturated rings. The fourth-order valence-corrected chi connectivity index (χ4v) is 4.71. The van der Waals surface area contributed by atoms with Crippen LogP contribution >= 0.6 is 0 Å². The number of rotatable bonds is 2. The van der Waals surface area contributed by atoms with Crippen LogP contribution < -0.4 is 4.74 Å². The van der Waals surface area contributed by atoms with Crippen LogP contribution in [-0.2, 0) is 16.8 Å². The Morgan fingerprint density at radius 1 is 1.14 bits per heavy atom. The van der Waals surface area contributed by atoms with E-state index in [1.165, 1.54) is 11.1 Å². The number of pyridine rings is 1. The van der Waals surface area contributed by atoms with Crippen molar-refractivity contribution in [3.05, 3.63) is 71.4 Å². The molecule has 0 saturated carbocycles. The average molecular weight is 388 g/mol. The van der Waals surface area contributed by atoms with Gasteiger partial charge in [-0.2, -0.15) is 0 Å². The van der Waals surface area contributed by atoms with Gasteiger partial charge in [-0.1, -0.05) is 24.3 Å². The van der Waals surface area contributed by atoms with Crippen LogP contribution in [0, 0.1) is 0 Å². The van der Waals surface area contributed by atoms with Crippen molar-refractivity contribution in [3.63, 3.8) is 0 Å². The zero-order valence-electron chi connectivity index (χ0n) is 16.6. The second-order valence-electron chi connectivity index (χ2n) is 7.79. The number of ether oxygens (including phenoxy) is 2. The summed E-state index contributed by atoms with van der Waals surface area (Å²) in [7, 11) is 1.70. The van der Waals surface area contributed by atoms with Crippen molar-refractivity contribution in [3.8, 4) is 5.75 Å². The normalized spacial score (nSPS) is 17.9. The minimum atomic E-state index is -0.298. The molecule has 1 saturated heterocycles. The number of para-hydroxylation sites is 1. The van der Waals surface area contributed by atoms with Gasteiger partial charge >= 0.3 is 0 Å². The molecule has 2 aromatic carbocycles. The highest BCUT2D eigenvalue weighted by Crippen LogP contribution is 2.42. The van der Waals surface area contributed by atoms with Gasteiger partial charge in [0.1, 0.15) is 5.75 Å². The zero-order valence-corrected chi connectivity index (χ0v) is 16.6. The molecule has 0 radical (unpaired) electrons. The Kier molecular flexibility index (Phi) is 4.47. The standard InChI is InChI=1S/C24H24N2O3/c1-28-19-7-8-21-18(16-19)9-15-29-24(21)10-13-26(14-11-24)23(27)20-6-2-4-17-5-3-12-25-22(17)20/h2-8,12,16H,9-11,13-15H2,1H3. The first kappa shape index (κ1) is 18.1. The number of piperidine rings is 1. The Balaban J connectivity index is 1.39. The van der Waals surface area contributed by atoms with E-state index in [1.807, 2.05) is 41.3 Å². The van der Waals surface area contributed by atoms with E-state index in [0.717, 1.165) is 35.9 Å². The Labute approximate surface area is 170 Å². The van der Waals surface area contributed by atoms with Gasteiger partial charge in [0.2, 0.25) is 0 Å². The molecule has 0 N–H and O–H groups in total. The number of nitrogens with zero attached hydrogens (tertiary/aromatic N) is 2. The third-order valence-electron chi connectivity index (χ3n) is 6.27. The summed E-state index contributed by atoms with van der Waals surface area (Å²) in [4.78, 5) is 19.6. The number of fused-ring (bicyclic) bond motifs is 3. The molecule has 1 spiro atoms. The summed E-state index contributed by atoms with van der Waals surface area (Å²) in [5.41, 5.74) is 3.70. The fraction of sp³-hybridized carbons (Fsp3) is 0.333. The van der Waals surface area contributed by atoms with Gasteiger partial charge in [-0.15, -0.1) is 0 Å². The molecule has 5 rings (SSSR count). The van der Waals surface area contributed by atoms with Crippen LogP contribution in [0.4, 0.5) is 0 Å². The molecule has 5 heteroatoms. The van der Waals surface area contributed by atoms with Crippen LogP contribution in [0.15, 0.2) is 54.7 Å². The number of carbonyl (C=O) groups excluding carboxylic acids is 1. The number of hydrogen-bond donors (Lipinski definition) is 0. The van der Waals surface area contributed by atoms with Gasteiger partial charge in [0.15, 0.2) is 0 Å². The molecular formula is C24H24N2O3. The predicted molar refractivity (Wildman–Crippen MR) is 111 cm³/mol. The van der Waals surface area contributed by atoms with E-state index >= 15 is 0 Å². The minimum absolute atomic E-state index is 0.0508. The molecule has 0 bridgehead atoms. The van der Waals surface area contributed by atoms with Crippen molar-refractivity contribution in [2.75, 3.05) is 26.8 Å². The lowest BCUT2D eigenvalue weighted by molar-refractivity contribution is -0.0935. The van der Waals surface area contributed by atoms with Crippen molar-refractivity contribution in [2.24, 2.45) is 0 Å². The second kappa shape index (κ2) is 7.16. The van der Waals surface area contributed by atoms with Crippen molar-refractivity contribution in [2.45, 2.75) is 24.9 Å². The fourth-order valence-electron chi connectivity index (χ4n) is 4.71. The van der Waals surface area contributed by atoms with Gasteiger partial charge in [-0.25, -0.2) is 0 Å². The summed E-state index contributed by atoms with van der Waals surface area (Å²) in [5, 5.41) is 0.991. The maximum atomic E-state index is 13.2. The largest absolute Gasteiger partial charge is 0.497 e. The quantitative estimate of drug-likeness (QED) is 0.667. The SMILES string of the molecule is COc1ccc2c(c1)CCOC21CCN(C(=O)c2cccc3cccnc23)CC1. The van der Waals surface area contributed by atoms with Gasteiger partial charge in [0, 0.05) is 24.7 Å². The third kappa shape index (κ3) is 3.06. The Morgan fingerprint density at radius 3 is 2.79 bits per heavy atom. The summed E-state index contributed by atoms with van der Waals surface area (Å²) in [6, 6.07) is 16.0. The number of aromatic nitrogens is 1. The van der Waals surface area contributed by atoms with Crippen LogP contribution in [0.1, 0.15) is 34.3 Å². The van der Waals surface area contributed by atoms with Crippen molar-refractivity contribution < 1.29 is 14.3 Å². The van der Waals surface area contributed by atoms with Gasteiger partial charge in [0.05, 0.1) is 30.4 Å². The zero-order chi connectivity index (χ0) is 19.8. The maximum absolute atomic E-state index is 13.2. The van der Waals surface area contributed by atoms with Crippen LogP contribution in [0.3, 0.4) is 0 Å². The molecule has 2 aliphatic rings. The molecule has 1 aromatic heterocycles. The lowest BCUT2D eigenvalue weighted by atomic mass is 9.79. The average Bonchev–Trinajstić information content (AvgIpc) is 2.78. The van der Waals surface area contributed by atoms with Gasteiger partial charge in [0.25, 0.3) is 5.91 Å². The highest BCUT2D eigenvalue weighted by atomic mass is 16.5. The van der Waals surface area contributed by atoms with Gasteiger partial charge in [-0.3, -0.25) is 9.78 Å². The Bertz CT molecular complexity index is 1070. The smallest absolute Gasteiger partial charge is 0.256 e. The summed E-state index contributed by atoms with van der Waals surface area (Å²) in [6.45, 7) is 2.06. The van der Waals surface area contributed by atoms with E-state index in [1.54, 1.807) is 13.3 Å². The van der Waals surface area contributed by atoms with Gasteiger partial charge < -0.3 is 14.4 Å². The number of amides is 1. The number of hydrogen-bond acceptors (Lipinski definition) is 4. The van der Waals surface area contributed by atoms with Crippen molar-refractivity contribution in [1.29, 1.82) is 0 Å². The summed E-state index contributed by atoms with van der Waals surface area (Å²) >= 11 is 0. The molecule has 0 aliphatic carbocycles. The molecule has 3 aromatic rings. The van der Waals surface area contributed by atoms with E-state index < -0.39 is 0 Å². The number of benzene rings is 2. The first-order chi connectivity index (χ1) is 14.2. The number of methoxy groups -OCH3 is 1. The Hall–Kier alpha value is -2.92. The van der Waals surface area contributed by atoms with Crippen LogP contribution in [0.25, 0.3) is 10.9 Å². The number of likely N-dealkylation sites (tertiary alicyclic amines) is 1. The van der Waals surface area contributed by atoms with Crippen molar-refractivity contribution >= 4 is 16.8 Å². The lowest BCUT2D eigenvalue weighted by Crippen LogP contribution is -2.48. The van der Waals surface area contributed by atoms with Crippen LogP contribution in [-0.4, -0.2) is 42.6 Å². The van der Waals surface area contributed by atoms with E-state index in [-0.39, 0.29) is 11.5 Å². The van der Waals surface area contributed by atoms with Crippen LogP contribution in [0.5, 0.6) is 5.75 Å². The monoisotopic (exact) mass is 388 g/mol. The first-order valence-corrected chi connectivity index (χ1v) is 10.1. The molecule has 29 heavy (non-hydrogen) atoms. The molecule has 0 unspecified atom stereocenters. The molecule has 5 nitrogen and oxygen atoms in total. The molecule has 1 amide bonds. The van der Waals surface area contributed by atoms with Gasteiger partial charge in [-0.05, 0) is 54.7 Å². The molecular weight excluding hydrogens is 364 g/mol. The van der Waals surface area contributed by atoms with Crippen LogP contribution in [0.2, 0.25) is 0 Å². The Morgan fingerprint density at radius 2 is 1.97 bits per heavy atom. The van der Waals surface area contributed by atoms with E-state index in [9.17, 15) is 4.79 Å². The summed E-state index contributed by atoms with van der Waals surface area (Å²) in [6.07, 6.45) is 4.25. The predicted octanol–water partition coefficient (Wildman–Crippen LogP) is 3.95. The first-order valence-electron chi connectivity index (χ1n) is 10.1. The van der Waals surface area contributed by atoms with Crippen molar-refractivity contribution in [1.82, 2.24) is 9.88 Å². The topological polar surface area (TPSA) is 51.7 Å². The third-order valence-corrected chi connectivity index (χ3v) is 6.27. The molecule has 148 valence electrons. The van der Waals surface area contributed by atoms with E-state index in [4.69, 9.17) is 9.47 Å². The minimum Gasteiger partial charge on any atom is -0.497 e. The highest BCUT2D eigenvalue weighted by molar-refractivity contribution is 6.05. The highest BCUT2D eigenvalue weighted by Gasteiger charge is 2.42. The lowest BCUT2D eigenvalue weighted by Gasteiger charge is -2.45. The second-order valence-corrected chi connectivity index (χ2v) is 7.79. The molecule has 3 heterocycles. The summed E-state index contributed by atoms with van der Waals surface area (Å²) < 4.78 is 11.7.